The van der Waals surface area contributed by atoms with E-state index in [9.17, 15) is 13.2 Å². The number of benzene rings is 1. The molecule has 4 nitrogen and oxygen atoms in total. The van der Waals surface area contributed by atoms with E-state index in [0.717, 1.165) is 12.8 Å². The molecule has 0 N–H and O–H groups in total. The Kier molecular flexibility index (Phi) is 3.50. The van der Waals surface area contributed by atoms with E-state index >= 15 is 0 Å². The van der Waals surface area contributed by atoms with E-state index in [-0.39, 0.29) is 29.5 Å². The number of hydrogen-bond acceptors (Lipinski definition) is 3. The standard InChI is InChI=1S/C14H16ClNO3S/c15-13-4-2-1-3-12(13)14(17)16(10-5-6-10)11-7-8-20(18,19)9-11/h1-4,10-11H,5-9H2/t11-/m0/s1. The normalized spacial score (nSPS) is 24.6. The molecular weight excluding hydrogens is 298 g/mol. The van der Waals surface area contributed by atoms with Gasteiger partial charge in [0, 0.05) is 12.1 Å². The van der Waals surface area contributed by atoms with Gasteiger partial charge in [-0.3, -0.25) is 4.79 Å². The van der Waals surface area contributed by atoms with Gasteiger partial charge in [0.2, 0.25) is 0 Å². The molecule has 0 spiro atoms. The van der Waals surface area contributed by atoms with Crippen LogP contribution in [0.5, 0.6) is 0 Å². The zero-order valence-corrected chi connectivity index (χ0v) is 12.5. The Balaban J connectivity index is 1.88. The van der Waals surface area contributed by atoms with Gasteiger partial charge < -0.3 is 4.90 Å². The van der Waals surface area contributed by atoms with Crippen LogP contribution in [0.1, 0.15) is 29.6 Å². The van der Waals surface area contributed by atoms with E-state index in [1.807, 2.05) is 0 Å². The van der Waals surface area contributed by atoms with Gasteiger partial charge >= 0.3 is 0 Å². The molecule has 1 aromatic rings. The number of carbonyl (C=O) groups excluding carboxylic acids is 1. The van der Waals surface area contributed by atoms with Crippen molar-refractivity contribution in [1.29, 1.82) is 0 Å². The van der Waals surface area contributed by atoms with Gasteiger partial charge in [-0.1, -0.05) is 23.7 Å². The van der Waals surface area contributed by atoms with E-state index in [2.05, 4.69) is 0 Å². The van der Waals surface area contributed by atoms with Crippen LogP contribution in [0.4, 0.5) is 0 Å². The minimum absolute atomic E-state index is 0.0830. The summed E-state index contributed by atoms with van der Waals surface area (Å²) in [6.45, 7) is 0. The summed E-state index contributed by atoms with van der Waals surface area (Å²) in [6, 6.07) is 6.92. The maximum atomic E-state index is 12.7. The summed E-state index contributed by atoms with van der Waals surface area (Å²) >= 11 is 6.09. The molecule has 1 aliphatic heterocycles. The molecule has 6 heteroatoms. The Hall–Kier alpha value is -1.07. The largest absolute Gasteiger partial charge is 0.332 e. The zero-order chi connectivity index (χ0) is 14.3. The van der Waals surface area contributed by atoms with Gasteiger partial charge in [-0.15, -0.1) is 0 Å². The lowest BCUT2D eigenvalue weighted by Crippen LogP contribution is -2.42. The summed E-state index contributed by atoms with van der Waals surface area (Å²) in [7, 11) is -3.00. The predicted molar refractivity (Wildman–Crippen MR) is 77.7 cm³/mol. The second-order valence-electron chi connectivity index (χ2n) is 5.48. The number of amides is 1. The van der Waals surface area contributed by atoms with Gasteiger partial charge in [0.25, 0.3) is 5.91 Å². The molecule has 0 aromatic heterocycles. The topological polar surface area (TPSA) is 54.5 Å². The third-order valence-corrected chi connectivity index (χ3v) is 5.96. The fourth-order valence-corrected chi connectivity index (χ4v) is 4.68. The third-order valence-electron chi connectivity index (χ3n) is 3.88. The van der Waals surface area contributed by atoms with Crippen LogP contribution in [0, 0.1) is 0 Å². The van der Waals surface area contributed by atoms with E-state index in [0.29, 0.717) is 17.0 Å². The minimum atomic E-state index is -3.00. The van der Waals surface area contributed by atoms with Crippen molar-refractivity contribution in [1.82, 2.24) is 4.90 Å². The van der Waals surface area contributed by atoms with Crippen molar-refractivity contribution in [3.05, 3.63) is 34.9 Å². The molecule has 1 atom stereocenters. The summed E-state index contributed by atoms with van der Waals surface area (Å²) in [5, 5.41) is 0.420. The SMILES string of the molecule is O=C(c1ccccc1Cl)N(C1CC1)[C@H]1CCS(=O)(=O)C1. The second kappa shape index (κ2) is 5.04. The third kappa shape index (κ3) is 2.69. The van der Waals surface area contributed by atoms with Crippen molar-refractivity contribution >= 4 is 27.3 Å². The number of rotatable bonds is 3. The molecule has 3 rings (SSSR count). The zero-order valence-electron chi connectivity index (χ0n) is 11.0. The molecule has 1 heterocycles. The van der Waals surface area contributed by atoms with Crippen molar-refractivity contribution < 1.29 is 13.2 Å². The molecule has 0 radical (unpaired) electrons. The molecule has 1 saturated heterocycles. The number of sulfone groups is 1. The van der Waals surface area contributed by atoms with Crippen LogP contribution < -0.4 is 0 Å². The molecule has 2 aliphatic rings. The lowest BCUT2D eigenvalue weighted by Gasteiger charge is -2.28. The summed E-state index contributed by atoms with van der Waals surface area (Å²) in [6.07, 6.45) is 2.44. The van der Waals surface area contributed by atoms with E-state index in [4.69, 9.17) is 11.6 Å². The molecule has 20 heavy (non-hydrogen) atoms. The van der Waals surface area contributed by atoms with Crippen molar-refractivity contribution in [2.75, 3.05) is 11.5 Å². The average molecular weight is 314 g/mol. The van der Waals surface area contributed by atoms with Crippen LogP contribution >= 0.6 is 11.6 Å². The van der Waals surface area contributed by atoms with Gasteiger partial charge in [-0.2, -0.15) is 0 Å². The first kappa shape index (κ1) is 13.9. The van der Waals surface area contributed by atoms with Crippen LogP contribution in [0.15, 0.2) is 24.3 Å². The Morgan fingerprint density at radius 2 is 1.85 bits per heavy atom. The Morgan fingerprint density at radius 1 is 1.15 bits per heavy atom. The molecule has 1 aliphatic carbocycles. The minimum Gasteiger partial charge on any atom is -0.332 e. The van der Waals surface area contributed by atoms with Gasteiger partial charge in [0.15, 0.2) is 9.84 Å². The first-order valence-corrected chi connectivity index (χ1v) is 8.95. The highest BCUT2D eigenvalue weighted by atomic mass is 35.5. The monoisotopic (exact) mass is 313 g/mol. The Morgan fingerprint density at radius 3 is 2.40 bits per heavy atom. The van der Waals surface area contributed by atoms with Gasteiger partial charge in [-0.25, -0.2) is 8.42 Å². The van der Waals surface area contributed by atoms with E-state index < -0.39 is 9.84 Å². The lowest BCUT2D eigenvalue weighted by molar-refractivity contribution is 0.0681. The van der Waals surface area contributed by atoms with Crippen molar-refractivity contribution in [2.24, 2.45) is 0 Å². The fourth-order valence-electron chi connectivity index (χ4n) is 2.75. The van der Waals surface area contributed by atoms with Gasteiger partial charge in [-0.05, 0) is 31.4 Å². The molecule has 1 amide bonds. The highest BCUT2D eigenvalue weighted by molar-refractivity contribution is 7.91. The van der Waals surface area contributed by atoms with Crippen LogP contribution in [0.2, 0.25) is 5.02 Å². The first-order valence-electron chi connectivity index (χ1n) is 6.75. The van der Waals surface area contributed by atoms with Crippen molar-refractivity contribution in [3.8, 4) is 0 Å². The first-order chi connectivity index (χ1) is 9.48. The van der Waals surface area contributed by atoms with Gasteiger partial charge in [0.05, 0.1) is 22.1 Å². The van der Waals surface area contributed by atoms with E-state index in [1.165, 1.54) is 0 Å². The van der Waals surface area contributed by atoms with Crippen LogP contribution in [-0.4, -0.2) is 42.8 Å². The molecule has 1 saturated carbocycles. The maximum absolute atomic E-state index is 12.7. The Labute approximate surface area is 123 Å². The molecule has 2 fully saturated rings. The average Bonchev–Trinajstić information content (AvgIpc) is 3.15. The summed E-state index contributed by atoms with van der Waals surface area (Å²) in [5.74, 6) is 0.122. The summed E-state index contributed by atoms with van der Waals surface area (Å²) < 4.78 is 23.3. The molecule has 1 aromatic carbocycles. The number of nitrogens with zero attached hydrogens (tertiary/aromatic N) is 1. The Bertz CT molecular complexity index is 640. The quantitative estimate of drug-likeness (QED) is 0.859. The van der Waals surface area contributed by atoms with E-state index in [1.54, 1.807) is 29.2 Å². The molecular formula is C14H16ClNO3S. The summed E-state index contributed by atoms with van der Waals surface area (Å²) in [4.78, 5) is 14.4. The number of hydrogen-bond donors (Lipinski definition) is 0. The van der Waals surface area contributed by atoms with Crippen LogP contribution in [0.25, 0.3) is 0 Å². The van der Waals surface area contributed by atoms with Crippen molar-refractivity contribution in [3.63, 3.8) is 0 Å². The van der Waals surface area contributed by atoms with Crippen LogP contribution in [0.3, 0.4) is 0 Å². The summed E-state index contributed by atoms with van der Waals surface area (Å²) in [5.41, 5.74) is 0.463. The number of halogens is 1. The highest BCUT2D eigenvalue weighted by Crippen LogP contribution is 2.34. The fraction of sp³-hybridized carbons (Fsp3) is 0.500. The lowest BCUT2D eigenvalue weighted by atomic mass is 10.1. The second-order valence-corrected chi connectivity index (χ2v) is 8.12. The predicted octanol–water partition coefficient (Wildman–Crippen LogP) is 2.13. The molecule has 108 valence electrons. The molecule has 0 unspecified atom stereocenters. The van der Waals surface area contributed by atoms with Crippen molar-refractivity contribution in [2.45, 2.75) is 31.3 Å². The van der Waals surface area contributed by atoms with Crippen LogP contribution in [-0.2, 0) is 9.84 Å². The van der Waals surface area contributed by atoms with Gasteiger partial charge in [0.1, 0.15) is 0 Å². The molecule has 0 bridgehead atoms. The highest BCUT2D eigenvalue weighted by Gasteiger charge is 2.42. The maximum Gasteiger partial charge on any atom is 0.255 e. The smallest absolute Gasteiger partial charge is 0.255 e. The number of carbonyl (C=O) groups is 1.